The van der Waals surface area contributed by atoms with Crippen LogP contribution in [0.2, 0.25) is 0 Å². The molecule has 2 N–H and O–H groups in total. The first-order valence-electron chi connectivity index (χ1n) is 6.71. The molecule has 1 fully saturated rings. The highest BCUT2D eigenvalue weighted by Crippen LogP contribution is 2.33. The fourth-order valence-electron chi connectivity index (χ4n) is 2.87. The van der Waals surface area contributed by atoms with Gasteiger partial charge in [-0.3, -0.25) is 0 Å². The van der Waals surface area contributed by atoms with Gasteiger partial charge in [-0.1, -0.05) is 6.42 Å². The van der Waals surface area contributed by atoms with Crippen molar-refractivity contribution in [2.75, 3.05) is 0 Å². The SMILES string of the molecule is Cc1sc(CN)cc1S(=O)(=O)N1C(C)CCCC1C. The number of thiophene rings is 1. The highest BCUT2D eigenvalue weighted by atomic mass is 32.2. The van der Waals surface area contributed by atoms with E-state index < -0.39 is 10.0 Å². The molecule has 1 aromatic rings. The van der Waals surface area contributed by atoms with Gasteiger partial charge in [-0.15, -0.1) is 11.3 Å². The molecule has 0 radical (unpaired) electrons. The fraction of sp³-hybridized carbons (Fsp3) is 0.692. The van der Waals surface area contributed by atoms with Gasteiger partial charge in [0.15, 0.2) is 0 Å². The number of nitrogens with two attached hydrogens (primary N) is 1. The van der Waals surface area contributed by atoms with E-state index in [0.717, 1.165) is 29.0 Å². The minimum absolute atomic E-state index is 0.0781. The Bertz CT molecular complexity index is 541. The second-order valence-corrected chi connectivity index (χ2v) is 8.45. The van der Waals surface area contributed by atoms with E-state index >= 15 is 0 Å². The van der Waals surface area contributed by atoms with Crippen LogP contribution in [0.25, 0.3) is 0 Å². The molecule has 1 aromatic heterocycles. The maximum Gasteiger partial charge on any atom is 0.244 e. The largest absolute Gasteiger partial charge is 0.326 e. The van der Waals surface area contributed by atoms with E-state index in [2.05, 4.69) is 0 Å². The average molecular weight is 302 g/mol. The van der Waals surface area contributed by atoms with Gasteiger partial charge in [0.25, 0.3) is 0 Å². The topological polar surface area (TPSA) is 63.4 Å². The van der Waals surface area contributed by atoms with Crippen LogP contribution < -0.4 is 5.73 Å². The normalized spacial score (nSPS) is 25.7. The average Bonchev–Trinajstić information content (AvgIpc) is 2.70. The van der Waals surface area contributed by atoms with Gasteiger partial charge in [0.1, 0.15) is 0 Å². The highest BCUT2D eigenvalue weighted by Gasteiger charge is 2.36. The van der Waals surface area contributed by atoms with Gasteiger partial charge in [0.2, 0.25) is 10.0 Å². The van der Waals surface area contributed by atoms with Gasteiger partial charge >= 0.3 is 0 Å². The first kappa shape index (κ1) is 15.0. The molecule has 0 aromatic carbocycles. The van der Waals surface area contributed by atoms with Crippen molar-refractivity contribution in [3.63, 3.8) is 0 Å². The predicted octanol–water partition coefficient (Wildman–Crippen LogP) is 2.47. The van der Waals surface area contributed by atoms with Crippen molar-refractivity contribution in [3.05, 3.63) is 15.8 Å². The number of hydrogen-bond acceptors (Lipinski definition) is 4. The summed E-state index contributed by atoms with van der Waals surface area (Å²) in [6.45, 7) is 6.25. The molecule has 108 valence electrons. The highest BCUT2D eigenvalue weighted by molar-refractivity contribution is 7.89. The molecular formula is C13H22N2O2S2. The van der Waals surface area contributed by atoms with Gasteiger partial charge in [-0.05, 0) is 39.7 Å². The van der Waals surface area contributed by atoms with Gasteiger partial charge in [-0.25, -0.2) is 8.42 Å². The summed E-state index contributed by atoms with van der Waals surface area (Å²) in [5, 5.41) is 0. The molecule has 1 aliphatic heterocycles. The Morgan fingerprint density at radius 2 is 1.95 bits per heavy atom. The zero-order chi connectivity index (χ0) is 14.2. The summed E-state index contributed by atoms with van der Waals surface area (Å²) in [5.74, 6) is 0. The molecular weight excluding hydrogens is 280 g/mol. The van der Waals surface area contributed by atoms with Crippen LogP contribution in [-0.2, 0) is 16.6 Å². The van der Waals surface area contributed by atoms with Crippen LogP contribution in [0, 0.1) is 6.92 Å². The molecule has 0 amide bonds. The summed E-state index contributed by atoms with van der Waals surface area (Å²) >= 11 is 1.48. The molecule has 19 heavy (non-hydrogen) atoms. The zero-order valence-corrected chi connectivity index (χ0v) is 13.4. The van der Waals surface area contributed by atoms with Crippen molar-refractivity contribution in [1.82, 2.24) is 4.31 Å². The van der Waals surface area contributed by atoms with Gasteiger partial charge in [0.05, 0.1) is 4.90 Å². The molecule has 0 spiro atoms. The lowest BCUT2D eigenvalue weighted by Crippen LogP contribution is -2.47. The van der Waals surface area contributed by atoms with Crippen LogP contribution in [0.5, 0.6) is 0 Å². The molecule has 0 saturated carbocycles. The van der Waals surface area contributed by atoms with E-state index in [1.54, 1.807) is 10.4 Å². The van der Waals surface area contributed by atoms with Gasteiger partial charge in [-0.2, -0.15) is 4.31 Å². The van der Waals surface area contributed by atoms with Crippen LogP contribution in [0.15, 0.2) is 11.0 Å². The van der Waals surface area contributed by atoms with E-state index in [-0.39, 0.29) is 12.1 Å². The Labute approximate surface area is 119 Å². The Morgan fingerprint density at radius 1 is 1.37 bits per heavy atom. The molecule has 4 nitrogen and oxygen atoms in total. The third kappa shape index (κ3) is 2.72. The summed E-state index contributed by atoms with van der Waals surface area (Å²) in [7, 11) is -3.39. The van der Waals surface area contributed by atoms with Crippen molar-refractivity contribution < 1.29 is 8.42 Å². The van der Waals surface area contributed by atoms with Crippen LogP contribution in [0.4, 0.5) is 0 Å². The summed E-state index contributed by atoms with van der Waals surface area (Å²) in [6, 6.07) is 1.90. The minimum atomic E-state index is -3.39. The zero-order valence-electron chi connectivity index (χ0n) is 11.7. The quantitative estimate of drug-likeness (QED) is 0.933. The second kappa shape index (κ2) is 5.52. The van der Waals surface area contributed by atoms with Crippen molar-refractivity contribution in [1.29, 1.82) is 0 Å². The van der Waals surface area contributed by atoms with Gasteiger partial charge in [0, 0.05) is 28.4 Å². The molecule has 1 saturated heterocycles. The number of hydrogen-bond donors (Lipinski definition) is 1. The summed E-state index contributed by atoms with van der Waals surface area (Å²) in [6.07, 6.45) is 2.98. The third-order valence-corrected chi connectivity index (χ3v) is 7.25. The number of aryl methyl sites for hydroxylation is 1. The first-order chi connectivity index (χ1) is 8.87. The van der Waals surface area contributed by atoms with Crippen LogP contribution >= 0.6 is 11.3 Å². The standard InChI is InChI=1S/C13H22N2O2S2/c1-9-5-4-6-10(2)15(9)19(16,17)13-7-12(8-14)18-11(13)3/h7,9-10H,4-6,8,14H2,1-3H3. The Balaban J connectivity index is 2.43. The molecule has 1 aliphatic rings. The van der Waals surface area contributed by atoms with E-state index in [9.17, 15) is 8.42 Å². The monoisotopic (exact) mass is 302 g/mol. The van der Waals surface area contributed by atoms with Crippen molar-refractivity contribution in [3.8, 4) is 0 Å². The molecule has 0 bridgehead atoms. The third-order valence-electron chi connectivity index (χ3n) is 3.79. The number of sulfonamides is 1. The Morgan fingerprint density at radius 3 is 2.42 bits per heavy atom. The number of rotatable bonds is 3. The number of piperidine rings is 1. The van der Waals surface area contributed by atoms with Crippen molar-refractivity contribution >= 4 is 21.4 Å². The lowest BCUT2D eigenvalue weighted by atomic mass is 10.0. The van der Waals surface area contributed by atoms with Crippen LogP contribution in [0.1, 0.15) is 42.9 Å². The maximum absolute atomic E-state index is 12.8. The smallest absolute Gasteiger partial charge is 0.244 e. The fourth-order valence-corrected chi connectivity index (χ4v) is 6.23. The van der Waals surface area contributed by atoms with E-state index in [1.807, 2.05) is 20.8 Å². The van der Waals surface area contributed by atoms with Crippen molar-refractivity contribution in [2.24, 2.45) is 5.73 Å². The molecule has 2 unspecified atom stereocenters. The molecule has 6 heteroatoms. The summed E-state index contributed by atoms with van der Waals surface area (Å²) in [5.41, 5.74) is 5.61. The van der Waals surface area contributed by atoms with Crippen LogP contribution in [0.3, 0.4) is 0 Å². The first-order valence-corrected chi connectivity index (χ1v) is 8.96. The van der Waals surface area contributed by atoms with E-state index in [4.69, 9.17) is 5.73 Å². The van der Waals surface area contributed by atoms with E-state index in [1.165, 1.54) is 11.3 Å². The van der Waals surface area contributed by atoms with Gasteiger partial charge < -0.3 is 5.73 Å². The van der Waals surface area contributed by atoms with E-state index in [0.29, 0.717) is 11.4 Å². The second-order valence-electron chi connectivity index (χ2n) is 5.30. The predicted molar refractivity (Wildman–Crippen MR) is 78.7 cm³/mol. The maximum atomic E-state index is 12.8. The summed E-state index contributed by atoms with van der Waals surface area (Å²) < 4.78 is 27.4. The lowest BCUT2D eigenvalue weighted by Gasteiger charge is -2.37. The Hall–Kier alpha value is -0.430. The molecule has 2 atom stereocenters. The lowest BCUT2D eigenvalue weighted by molar-refractivity contribution is 0.204. The van der Waals surface area contributed by atoms with Crippen LogP contribution in [-0.4, -0.2) is 24.8 Å². The molecule has 2 rings (SSSR count). The molecule has 0 aliphatic carbocycles. The summed E-state index contributed by atoms with van der Waals surface area (Å²) in [4.78, 5) is 2.21. The minimum Gasteiger partial charge on any atom is -0.326 e. The Kier molecular flexibility index (Phi) is 4.35. The van der Waals surface area contributed by atoms with Crippen molar-refractivity contribution in [2.45, 2.75) is 63.6 Å². The number of nitrogens with zero attached hydrogens (tertiary/aromatic N) is 1. The molecule has 2 heterocycles.